The van der Waals surface area contributed by atoms with E-state index in [1.54, 1.807) is 0 Å². The summed E-state index contributed by atoms with van der Waals surface area (Å²) in [7, 11) is -18.1. The molecule has 0 aromatic heterocycles. The number of hydrogen-bond acceptors (Lipinski definition) is 7. The average molecular weight is 635 g/mol. The molecule has 7 nitrogen and oxygen atoms in total. The molecule has 35 heavy (non-hydrogen) atoms. The van der Waals surface area contributed by atoms with Crippen molar-refractivity contribution in [3.63, 3.8) is 0 Å². The lowest BCUT2D eigenvalue weighted by Gasteiger charge is -2.44. The van der Waals surface area contributed by atoms with Crippen LogP contribution in [0.15, 0.2) is 0 Å². The Labute approximate surface area is 226 Å². The first kappa shape index (κ1) is 36.5. The van der Waals surface area contributed by atoms with Gasteiger partial charge in [0, 0.05) is 0 Å². The van der Waals surface area contributed by atoms with Crippen LogP contribution in [0.25, 0.3) is 0 Å². The molecule has 0 aliphatic rings. The van der Waals surface area contributed by atoms with Crippen LogP contribution < -0.4 is 0 Å². The Morgan fingerprint density at radius 2 is 0.571 bits per heavy atom. The van der Waals surface area contributed by atoms with Crippen LogP contribution in [0, 0.1) is 0 Å². The molecule has 0 radical (unpaired) electrons. The molecular formula is C20H58O7Si8. The van der Waals surface area contributed by atoms with E-state index >= 15 is 0 Å². The van der Waals surface area contributed by atoms with Crippen LogP contribution in [0.5, 0.6) is 0 Å². The molecule has 0 saturated carbocycles. The minimum absolute atomic E-state index is 1.14. The molecule has 0 spiro atoms. The first-order valence-electron chi connectivity index (χ1n) is 12.9. The van der Waals surface area contributed by atoms with E-state index in [0.29, 0.717) is 0 Å². The molecule has 0 aliphatic carbocycles. The Balaban J connectivity index is 5.30. The van der Waals surface area contributed by atoms with Crippen molar-refractivity contribution in [2.24, 2.45) is 0 Å². The van der Waals surface area contributed by atoms with E-state index < -0.39 is 68.0 Å². The summed E-state index contributed by atoms with van der Waals surface area (Å²) in [6.07, 6.45) is 1.14. The monoisotopic (exact) mass is 634 g/mol. The standard InChI is InChI=1S/C20H58O7Si8/c1-19-20-29(5,6)22-31(9,10)24-33(13,14)26-35(17,18)27-34(15,16)25-32(11,12)23-30(7,8)21-28(2,3)4/h19-20H2,1-18H3. The van der Waals surface area contributed by atoms with E-state index in [-0.39, 0.29) is 0 Å². The summed E-state index contributed by atoms with van der Waals surface area (Å²) >= 11 is 0. The normalized spacial score (nSPS) is 15.6. The Kier molecular flexibility index (Phi) is 12.8. The highest BCUT2D eigenvalue weighted by molar-refractivity contribution is 6.92. The molecule has 0 N–H and O–H groups in total. The second-order valence-electron chi connectivity index (χ2n) is 13.7. The topological polar surface area (TPSA) is 64.6 Å². The molecule has 0 atom stereocenters. The zero-order valence-corrected chi connectivity index (χ0v) is 34.3. The van der Waals surface area contributed by atoms with Gasteiger partial charge in [0.2, 0.25) is 0 Å². The molecule has 15 heteroatoms. The molecule has 0 saturated heterocycles. The van der Waals surface area contributed by atoms with Crippen molar-refractivity contribution in [2.45, 2.75) is 131 Å². The van der Waals surface area contributed by atoms with E-state index in [2.05, 4.69) is 118 Å². The van der Waals surface area contributed by atoms with Gasteiger partial charge in [0.1, 0.15) is 0 Å². The van der Waals surface area contributed by atoms with Gasteiger partial charge in [-0.1, -0.05) is 13.3 Å². The van der Waals surface area contributed by atoms with Gasteiger partial charge >= 0.3 is 51.4 Å². The second-order valence-corrected chi connectivity index (χ2v) is 44.5. The molecule has 0 amide bonds. The maximum atomic E-state index is 6.68. The van der Waals surface area contributed by atoms with Gasteiger partial charge in [0.15, 0.2) is 16.6 Å². The van der Waals surface area contributed by atoms with Crippen LogP contribution in [0.4, 0.5) is 0 Å². The molecule has 0 bridgehead atoms. The Bertz CT molecular complexity index is 677. The lowest BCUT2D eigenvalue weighted by Crippen LogP contribution is -2.61. The number of hydrogen-bond donors (Lipinski definition) is 0. The van der Waals surface area contributed by atoms with Crippen molar-refractivity contribution < 1.29 is 28.8 Å². The fraction of sp³-hybridized carbons (Fsp3) is 1.00. The van der Waals surface area contributed by atoms with Gasteiger partial charge in [-0.15, -0.1) is 0 Å². The lowest BCUT2D eigenvalue weighted by molar-refractivity contribution is 0.265. The van der Waals surface area contributed by atoms with E-state index in [1.807, 2.05) is 0 Å². The molecule has 0 aromatic rings. The quantitative estimate of drug-likeness (QED) is 0.161. The van der Waals surface area contributed by atoms with Gasteiger partial charge in [0.25, 0.3) is 0 Å². The first-order chi connectivity index (χ1) is 15.0. The third-order valence-corrected chi connectivity index (χ3v) is 34.3. The molecule has 0 aliphatic heterocycles. The largest absolute Gasteiger partial charge is 0.437 e. The third-order valence-electron chi connectivity index (χ3n) is 4.38. The van der Waals surface area contributed by atoms with Crippen molar-refractivity contribution >= 4 is 68.0 Å². The third kappa shape index (κ3) is 17.6. The lowest BCUT2D eigenvalue weighted by atomic mass is 10.6. The summed E-state index contributed by atoms with van der Waals surface area (Å²) in [4.78, 5) is 0. The maximum absolute atomic E-state index is 6.68. The van der Waals surface area contributed by atoms with Crippen LogP contribution >= 0.6 is 0 Å². The molecular weight excluding hydrogens is 577 g/mol. The Morgan fingerprint density at radius 1 is 0.343 bits per heavy atom. The van der Waals surface area contributed by atoms with Gasteiger partial charge in [-0.3, -0.25) is 0 Å². The zero-order chi connectivity index (χ0) is 28.4. The van der Waals surface area contributed by atoms with E-state index in [9.17, 15) is 0 Å². The smallest absolute Gasteiger partial charge is 0.314 e. The summed E-state index contributed by atoms with van der Waals surface area (Å²) in [5.74, 6) is 0. The van der Waals surface area contributed by atoms with Gasteiger partial charge in [-0.2, -0.15) is 0 Å². The summed E-state index contributed by atoms with van der Waals surface area (Å²) in [6.45, 7) is 38.7. The highest BCUT2D eigenvalue weighted by Gasteiger charge is 2.48. The van der Waals surface area contributed by atoms with Gasteiger partial charge in [0.05, 0.1) is 0 Å². The van der Waals surface area contributed by atoms with Crippen molar-refractivity contribution in [3.05, 3.63) is 0 Å². The van der Waals surface area contributed by atoms with Gasteiger partial charge in [-0.25, -0.2) is 0 Å². The van der Waals surface area contributed by atoms with Crippen molar-refractivity contribution in [3.8, 4) is 0 Å². The van der Waals surface area contributed by atoms with Gasteiger partial charge < -0.3 is 28.8 Å². The molecule has 212 valence electrons. The highest BCUT2D eigenvalue weighted by atomic mass is 28.5. The molecule has 0 unspecified atom stereocenters. The van der Waals surface area contributed by atoms with Crippen LogP contribution in [0.2, 0.25) is 117 Å². The average Bonchev–Trinajstić information content (AvgIpc) is 2.33. The van der Waals surface area contributed by atoms with Crippen molar-refractivity contribution in [1.82, 2.24) is 0 Å². The predicted octanol–water partition coefficient (Wildman–Crippen LogP) is 7.76. The Morgan fingerprint density at radius 3 is 0.800 bits per heavy atom. The summed E-state index contributed by atoms with van der Waals surface area (Å²) in [5.41, 5.74) is 0. The van der Waals surface area contributed by atoms with Crippen LogP contribution in [0.1, 0.15) is 13.3 Å². The maximum Gasteiger partial charge on any atom is 0.314 e. The number of rotatable bonds is 16. The second kappa shape index (κ2) is 12.3. The van der Waals surface area contributed by atoms with Crippen LogP contribution in [-0.2, 0) is 28.8 Å². The minimum Gasteiger partial charge on any atom is -0.437 e. The Hall–Kier alpha value is 1.46. The fourth-order valence-electron chi connectivity index (χ4n) is 5.14. The SMILES string of the molecule is CCC[Si](C)(C)O[Si](C)(C)O[Si](C)(C)O[Si](C)(C)O[Si](C)(C)O[Si](C)(C)O[Si](C)(C)O[Si](C)(C)C. The highest BCUT2D eigenvalue weighted by Crippen LogP contribution is 2.29. The van der Waals surface area contributed by atoms with Crippen LogP contribution in [-0.4, -0.2) is 68.0 Å². The summed E-state index contributed by atoms with van der Waals surface area (Å²) in [6, 6.07) is 1.14. The first-order valence-corrected chi connectivity index (χ1v) is 36.3. The minimum atomic E-state index is -2.54. The van der Waals surface area contributed by atoms with Gasteiger partial charge in [-0.05, 0) is 117 Å². The summed E-state index contributed by atoms with van der Waals surface area (Å²) < 4.78 is 46.2. The van der Waals surface area contributed by atoms with Crippen molar-refractivity contribution in [2.75, 3.05) is 0 Å². The fourth-order valence-corrected chi connectivity index (χ4v) is 44.9. The predicted molar refractivity (Wildman–Crippen MR) is 168 cm³/mol. The molecule has 0 rings (SSSR count). The van der Waals surface area contributed by atoms with E-state index in [4.69, 9.17) is 28.8 Å². The summed E-state index contributed by atoms with van der Waals surface area (Å²) in [5, 5.41) is 0. The van der Waals surface area contributed by atoms with E-state index in [0.717, 1.165) is 12.5 Å². The zero-order valence-electron chi connectivity index (χ0n) is 26.3. The van der Waals surface area contributed by atoms with Crippen LogP contribution in [0.3, 0.4) is 0 Å². The molecule has 0 fully saturated rings. The molecule has 0 heterocycles. The molecule has 0 aromatic carbocycles. The van der Waals surface area contributed by atoms with E-state index in [1.165, 1.54) is 0 Å². The van der Waals surface area contributed by atoms with Crippen molar-refractivity contribution in [1.29, 1.82) is 0 Å².